The third-order valence-corrected chi connectivity index (χ3v) is 5.85. The summed E-state index contributed by atoms with van der Waals surface area (Å²) in [6, 6.07) is 10.4. The Kier molecular flexibility index (Phi) is 10.1. The number of fused-ring (bicyclic) bond motifs is 1. The van der Waals surface area contributed by atoms with E-state index in [1.54, 1.807) is 11.7 Å². The molecule has 160 valence electrons. The van der Waals surface area contributed by atoms with Gasteiger partial charge < -0.3 is 10.6 Å². The van der Waals surface area contributed by atoms with E-state index in [0.29, 0.717) is 11.8 Å². The Morgan fingerprint density at radius 2 is 2.07 bits per heavy atom. The maximum Gasteiger partial charge on any atom is 0.345 e. The maximum absolute atomic E-state index is 12.3. The topological polar surface area (TPSA) is 76.2 Å². The number of aromatic nitrogens is 3. The molecule has 1 aliphatic rings. The van der Waals surface area contributed by atoms with Gasteiger partial charge in [0.15, 0.2) is 5.96 Å². The van der Waals surface area contributed by atoms with Gasteiger partial charge >= 0.3 is 5.69 Å². The van der Waals surface area contributed by atoms with E-state index in [-0.39, 0.29) is 29.7 Å². The second-order valence-corrected chi connectivity index (χ2v) is 8.52. The molecule has 0 radical (unpaired) electrons. The minimum Gasteiger partial charge on any atom is -0.356 e. The van der Waals surface area contributed by atoms with Crippen molar-refractivity contribution in [2.24, 2.45) is 4.99 Å². The fourth-order valence-corrected chi connectivity index (χ4v) is 4.21. The van der Waals surface area contributed by atoms with Gasteiger partial charge in [0, 0.05) is 49.8 Å². The van der Waals surface area contributed by atoms with Gasteiger partial charge in [0.2, 0.25) is 0 Å². The molecule has 29 heavy (non-hydrogen) atoms. The predicted molar refractivity (Wildman–Crippen MR) is 131 cm³/mol. The van der Waals surface area contributed by atoms with Crippen LogP contribution >= 0.6 is 35.7 Å². The number of aliphatic imine (C=N–C) groups is 1. The zero-order valence-electron chi connectivity index (χ0n) is 17.1. The Hall–Kier alpha value is -1.49. The molecule has 1 aromatic carbocycles. The quantitative estimate of drug-likeness (QED) is 0.181. The predicted octanol–water partition coefficient (Wildman–Crippen LogP) is 2.74. The van der Waals surface area contributed by atoms with Crippen LogP contribution in [0.4, 0.5) is 0 Å². The summed E-state index contributed by atoms with van der Waals surface area (Å²) < 4.78 is 3.43. The van der Waals surface area contributed by atoms with Gasteiger partial charge in [-0.1, -0.05) is 25.1 Å². The number of thioether (sulfide) groups is 1. The number of benzene rings is 1. The van der Waals surface area contributed by atoms with Crippen LogP contribution in [0.3, 0.4) is 0 Å². The zero-order valence-corrected chi connectivity index (χ0v) is 20.3. The lowest BCUT2D eigenvalue weighted by Crippen LogP contribution is -2.40. The van der Waals surface area contributed by atoms with Crippen molar-refractivity contribution in [2.75, 3.05) is 20.1 Å². The van der Waals surface area contributed by atoms with Crippen molar-refractivity contribution in [3.63, 3.8) is 0 Å². The van der Waals surface area contributed by atoms with E-state index >= 15 is 0 Å². The van der Waals surface area contributed by atoms with Gasteiger partial charge in [-0.15, -0.1) is 35.7 Å². The van der Waals surface area contributed by atoms with Gasteiger partial charge in [0.25, 0.3) is 0 Å². The number of rotatable bonds is 8. The average molecular weight is 530 g/mol. The molecule has 1 unspecified atom stereocenters. The smallest absolute Gasteiger partial charge is 0.345 e. The van der Waals surface area contributed by atoms with Crippen LogP contribution in [0.2, 0.25) is 0 Å². The molecule has 1 atom stereocenters. The molecule has 3 rings (SSSR count). The first-order valence-electron chi connectivity index (χ1n) is 10.00. The van der Waals surface area contributed by atoms with E-state index in [9.17, 15) is 4.79 Å². The molecular weight excluding hydrogens is 499 g/mol. The Bertz CT molecular complexity index is 835. The van der Waals surface area contributed by atoms with Gasteiger partial charge in [0.05, 0.1) is 0 Å². The number of halogens is 1. The Morgan fingerprint density at radius 3 is 2.79 bits per heavy atom. The van der Waals surface area contributed by atoms with Crippen molar-refractivity contribution in [3.8, 4) is 0 Å². The largest absolute Gasteiger partial charge is 0.356 e. The molecular formula is C20H31IN6OS. The minimum absolute atomic E-state index is 0. The van der Waals surface area contributed by atoms with Crippen molar-refractivity contribution in [1.82, 2.24) is 25.0 Å². The molecule has 0 spiro atoms. The number of guanidine groups is 1. The van der Waals surface area contributed by atoms with Gasteiger partial charge in [-0.05, 0) is 31.4 Å². The summed E-state index contributed by atoms with van der Waals surface area (Å²) in [4.78, 5) is 17.9. The lowest BCUT2D eigenvalue weighted by atomic mass is 10.2. The molecule has 0 aliphatic carbocycles. The van der Waals surface area contributed by atoms with Crippen LogP contribution in [0.5, 0.6) is 0 Å². The molecule has 1 aliphatic heterocycles. The molecule has 1 aromatic heterocycles. The molecule has 7 nitrogen and oxygen atoms in total. The summed E-state index contributed by atoms with van der Waals surface area (Å²) in [5.74, 6) is 1.73. The molecule has 0 saturated carbocycles. The SMILES string of the molecule is CN=C(NCCCn1nc2n(c1=O)CCCC2)NCC(C)Sc1ccccc1.I. The number of nitrogens with zero attached hydrogens (tertiary/aromatic N) is 4. The van der Waals surface area contributed by atoms with Crippen molar-refractivity contribution in [2.45, 2.75) is 55.8 Å². The molecule has 0 fully saturated rings. The third kappa shape index (κ3) is 7.06. The molecule has 2 heterocycles. The van der Waals surface area contributed by atoms with Crippen molar-refractivity contribution >= 4 is 41.7 Å². The lowest BCUT2D eigenvalue weighted by molar-refractivity contribution is 0.509. The molecule has 0 amide bonds. The second-order valence-electron chi connectivity index (χ2n) is 7.01. The third-order valence-electron chi connectivity index (χ3n) is 4.73. The standard InChI is InChI=1S/C20H30N6OS.HI/c1-16(28-17-9-4-3-5-10-17)15-23-19(21-2)22-12-8-14-26-20(27)25-13-7-6-11-18(25)24-26;/h3-5,9-10,16H,6-8,11-15H2,1-2H3,(H2,21,22,23);1H. The van der Waals surface area contributed by atoms with Crippen LogP contribution in [-0.2, 0) is 19.5 Å². The zero-order chi connectivity index (χ0) is 19.8. The highest BCUT2D eigenvalue weighted by Crippen LogP contribution is 2.21. The van der Waals surface area contributed by atoms with E-state index in [1.165, 1.54) is 4.90 Å². The second kappa shape index (κ2) is 12.3. The number of hydrogen-bond acceptors (Lipinski definition) is 4. The molecule has 0 saturated heterocycles. The lowest BCUT2D eigenvalue weighted by Gasteiger charge is -2.15. The highest BCUT2D eigenvalue weighted by atomic mass is 127. The monoisotopic (exact) mass is 530 g/mol. The highest BCUT2D eigenvalue weighted by molar-refractivity contribution is 14.0. The van der Waals surface area contributed by atoms with Crippen LogP contribution in [0.1, 0.15) is 32.0 Å². The summed E-state index contributed by atoms with van der Waals surface area (Å²) in [5, 5.41) is 11.6. The Balaban J connectivity index is 0.00000300. The first kappa shape index (κ1) is 23.8. The van der Waals surface area contributed by atoms with Crippen LogP contribution < -0.4 is 16.3 Å². The van der Waals surface area contributed by atoms with E-state index in [4.69, 9.17) is 0 Å². The van der Waals surface area contributed by atoms with Gasteiger partial charge in [-0.3, -0.25) is 9.56 Å². The van der Waals surface area contributed by atoms with Crippen LogP contribution in [0.15, 0.2) is 45.0 Å². The van der Waals surface area contributed by atoms with Gasteiger partial charge in [-0.2, -0.15) is 5.10 Å². The van der Waals surface area contributed by atoms with E-state index < -0.39 is 0 Å². The van der Waals surface area contributed by atoms with Gasteiger partial charge in [-0.25, -0.2) is 9.48 Å². The number of aryl methyl sites for hydroxylation is 2. The molecule has 0 bridgehead atoms. The highest BCUT2D eigenvalue weighted by Gasteiger charge is 2.16. The summed E-state index contributed by atoms with van der Waals surface area (Å²) in [5.41, 5.74) is 0.0315. The fraction of sp³-hybridized carbons (Fsp3) is 0.550. The Labute approximate surface area is 193 Å². The van der Waals surface area contributed by atoms with E-state index in [1.807, 2.05) is 22.4 Å². The minimum atomic E-state index is 0. The molecule has 2 N–H and O–H groups in total. The van der Waals surface area contributed by atoms with Crippen molar-refractivity contribution in [3.05, 3.63) is 46.6 Å². The van der Waals surface area contributed by atoms with Crippen molar-refractivity contribution < 1.29 is 0 Å². The summed E-state index contributed by atoms with van der Waals surface area (Å²) in [6.07, 6.45) is 3.94. The van der Waals surface area contributed by atoms with Crippen LogP contribution in [0.25, 0.3) is 0 Å². The van der Waals surface area contributed by atoms with Crippen LogP contribution in [-0.4, -0.2) is 45.7 Å². The van der Waals surface area contributed by atoms with Crippen molar-refractivity contribution in [1.29, 1.82) is 0 Å². The molecule has 2 aromatic rings. The van der Waals surface area contributed by atoms with E-state index in [2.05, 4.69) is 51.9 Å². The maximum atomic E-state index is 12.3. The van der Waals surface area contributed by atoms with Gasteiger partial charge in [0.1, 0.15) is 5.82 Å². The summed E-state index contributed by atoms with van der Waals surface area (Å²) in [7, 11) is 1.78. The van der Waals surface area contributed by atoms with E-state index in [0.717, 1.165) is 57.1 Å². The number of hydrogen-bond donors (Lipinski definition) is 2. The molecule has 9 heteroatoms. The first-order valence-corrected chi connectivity index (χ1v) is 10.9. The van der Waals surface area contributed by atoms with Crippen LogP contribution in [0, 0.1) is 0 Å². The normalized spacial score (nSPS) is 14.6. The Morgan fingerprint density at radius 1 is 1.28 bits per heavy atom. The summed E-state index contributed by atoms with van der Waals surface area (Å²) >= 11 is 1.84. The fourth-order valence-electron chi connectivity index (χ4n) is 3.26. The summed E-state index contributed by atoms with van der Waals surface area (Å²) in [6.45, 7) is 5.21. The number of nitrogens with one attached hydrogen (secondary N) is 2. The average Bonchev–Trinajstić information content (AvgIpc) is 3.04. The first-order chi connectivity index (χ1) is 13.7.